The van der Waals surface area contributed by atoms with E-state index in [2.05, 4.69) is 20.9 Å². The molecule has 0 radical (unpaired) electrons. The summed E-state index contributed by atoms with van der Waals surface area (Å²) in [6.07, 6.45) is 2.12. The van der Waals surface area contributed by atoms with Crippen molar-refractivity contribution in [1.29, 1.82) is 0 Å². The number of benzene rings is 2. The van der Waals surface area contributed by atoms with Gasteiger partial charge in [0, 0.05) is 25.4 Å². The summed E-state index contributed by atoms with van der Waals surface area (Å²) in [7, 11) is 0. The molecule has 0 bridgehead atoms. The summed E-state index contributed by atoms with van der Waals surface area (Å²) in [5, 5.41) is 9.49. The molecule has 1 atom stereocenters. The molecule has 1 heterocycles. The highest BCUT2D eigenvalue weighted by atomic mass is 19.1. The SMILES string of the molecule is CCNC(=NCc1cccc(NC(=O)C2CCCO2)c1)NCCc1ccc(F)cc1C. The number of rotatable bonds is 8. The summed E-state index contributed by atoms with van der Waals surface area (Å²) in [5.74, 6) is 0.415. The Hall–Kier alpha value is -2.93. The maximum atomic E-state index is 13.3. The van der Waals surface area contributed by atoms with E-state index in [4.69, 9.17) is 4.74 Å². The molecule has 1 unspecified atom stereocenters. The van der Waals surface area contributed by atoms with Crippen LogP contribution in [0.1, 0.15) is 36.5 Å². The summed E-state index contributed by atoms with van der Waals surface area (Å²) in [6.45, 7) is 6.50. The first-order valence-electron chi connectivity index (χ1n) is 10.8. The largest absolute Gasteiger partial charge is 0.368 e. The van der Waals surface area contributed by atoms with Crippen LogP contribution in [-0.2, 0) is 22.5 Å². The fourth-order valence-electron chi connectivity index (χ4n) is 3.52. The Morgan fingerprint density at radius 1 is 1.23 bits per heavy atom. The predicted molar refractivity (Wildman–Crippen MR) is 122 cm³/mol. The first-order chi connectivity index (χ1) is 15.0. The molecule has 1 aliphatic heterocycles. The number of anilines is 1. The van der Waals surface area contributed by atoms with Gasteiger partial charge in [0.25, 0.3) is 5.91 Å². The first kappa shape index (κ1) is 22.7. The van der Waals surface area contributed by atoms with Crippen molar-refractivity contribution in [2.24, 2.45) is 4.99 Å². The predicted octanol–water partition coefficient (Wildman–Crippen LogP) is 3.55. The fourth-order valence-corrected chi connectivity index (χ4v) is 3.52. The van der Waals surface area contributed by atoms with Crippen LogP contribution in [0.2, 0.25) is 0 Å². The summed E-state index contributed by atoms with van der Waals surface area (Å²) in [5.41, 5.74) is 3.81. The molecule has 2 aromatic rings. The first-order valence-corrected chi connectivity index (χ1v) is 10.8. The van der Waals surface area contributed by atoms with Crippen LogP contribution in [0, 0.1) is 12.7 Å². The zero-order valence-corrected chi connectivity index (χ0v) is 18.2. The van der Waals surface area contributed by atoms with E-state index in [1.54, 1.807) is 6.07 Å². The summed E-state index contributed by atoms with van der Waals surface area (Å²) >= 11 is 0. The number of nitrogens with zero attached hydrogens (tertiary/aromatic N) is 1. The average molecular weight is 427 g/mol. The van der Waals surface area contributed by atoms with E-state index in [0.29, 0.717) is 19.7 Å². The average Bonchev–Trinajstić information content (AvgIpc) is 3.29. The Morgan fingerprint density at radius 3 is 2.84 bits per heavy atom. The minimum absolute atomic E-state index is 0.0933. The van der Waals surface area contributed by atoms with Crippen molar-refractivity contribution in [2.45, 2.75) is 45.8 Å². The Balaban J connectivity index is 1.54. The number of hydrogen-bond donors (Lipinski definition) is 3. The van der Waals surface area contributed by atoms with Gasteiger partial charge in [-0.3, -0.25) is 4.79 Å². The van der Waals surface area contributed by atoms with Gasteiger partial charge in [-0.05, 0) is 74.1 Å². The normalized spacial score (nSPS) is 16.2. The minimum Gasteiger partial charge on any atom is -0.368 e. The van der Waals surface area contributed by atoms with E-state index in [-0.39, 0.29) is 17.8 Å². The van der Waals surface area contributed by atoms with Crippen LogP contribution >= 0.6 is 0 Å². The highest BCUT2D eigenvalue weighted by Crippen LogP contribution is 2.16. The second kappa shape index (κ2) is 11.5. The Labute approximate surface area is 183 Å². The number of guanidine groups is 1. The van der Waals surface area contributed by atoms with Crippen molar-refractivity contribution in [3.05, 3.63) is 65.0 Å². The van der Waals surface area contributed by atoms with Crippen LogP contribution in [0.5, 0.6) is 0 Å². The van der Waals surface area contributed by atoms with Gasteiger partial charge >= 0.3 is 0 Å². The molecule has 0 aromatic heterocycles. The lowest BCUT2D eigenvalue weighted by Gasteiger charge is -2.13. The Morgan fingerprint density at radius 2 is 2.10 bits per heavy atom. The number of amides is 1. The number of aryl methyl sites for hydroxylation is 1. The second-order valence-electron chi connectivity index (χ2n) is 7.63. The lowest BCUT2D eigenvalue weighted by molar-refractivity contribution is -0.124. The van der Waals surface area contributed by atoms with E-state index in [1.165, 1.54) is 6.07 Å². The van der Waals surface area contributed by atoms with Gasteiger partial charge in [-0.25, -0.2) is 9.38 Å². The van der Waals surface area contributed by atoms with E-state index in [9.17, 15) is 9.18 Å². The van der Waals surface area contributed by atoms with Crippen LogP contribution in [0.3, 0.4) is 0 Å². The van der Waals surface area contributed by atoms with Crippen LogP contribution in [-0.4, -0.2) is 37.7 Å². The smallest absolute Gasteiger partial charge is 0.253 e. The molecular weight excluding hydrogens is 395 g/mol. The summed E-state index contributed by atoms with van der Waals surface area (Å²) in [4.78, 5) is 16.9. The zero-order chi connectivity index (χ0) is 22.1. The quantitative estimate of drug-likeness (QED) is 0.446. The molecule has 0 aliphatic carbocycles. The van der Waals surface area contributed by atoms with Gasteiger partial charge in [0.15, 0.2) is 5.96 Å². The number of nitrogens with one attached hydrogen (secondary N) is 3. The number of carbonyl (C=O) groups is 1. The topological polar surface area (TPSA) is 74.8 Å². The maximum absolute atomic E-state index is 13.3. The number of hydrogen-bond acceptors (Lipinski definition) is 3. The molecule has 7 heteroatoms. The third-order valence-electron chi connectivity index (χ3n) is 5.17. The summed E-state index contributed by atoms with van der Waals surface area (Å²) < 4.78 is 18.7. The zero-order valence-electron chi connectivity index (χ0n) is 18.2. The molecular formula is C24H31FN4O2. The molecule has 1 saturated heterocycles. The van der Waals surface area contributed by atoms with Crippen molar-refractivity contribution < 1.29 is 13.9 Å². The lowest BCUT2D eigenvalue weighted by atomic mass is 10.1. The minimum atomic E-state index is -0.351. The van der Waals surface area contributed by atoms with Crippen molar-refractivity contribution >= 4 is 17.6 Å². The molecule has 1 amide bonds. The van der Waals surface area contributed by atoms with E-state index < -0.39 is 0 Å². The van der Waals surface area contributed by atoms with Crippen molar-refractivity contribution in [3.63, 3.8) is 0 Å². The molecule has 1 aliphatic rings. The van der Waals surface area contributed by atoms with Gasteiger partial charge in [-0.15, -0.1) is 0 Å². The van der Waals surface area contributed by atoms with Gasteiger partial charge < -0.3 is 20.7 Å². The number of ether oxygens (including phenoxy) is 1. The third-order valence-corrected chi connectivity index (χ3v) is 5.17. The Bertz CT molecular complexity index is 910. The maximum Gasteiger partial charge on any atom is 0.253 e. The monoisotopic (exact) mass is 426 g/mol. The molecule has 0 saturated carbocycles. The standard InChI is InChI=1S/C24H31FN4O2/c1-3-26-24(27-12-11-19-9-10-20(25)14-17(19)2)28-16-18-6-4-7-21(15-18)29-23(30)22-8-5-13-31-22/h4,6-7,9-10,14-15,22H,3,5,8,11-13,16H2,1-2H3,(H,29,30)(H2,26,27,28). The number of carbonyl (C=O) groups excluding carboxylic acids is 1. The van der Waals surface area contributed by atoms with Crippen LogP contribution in [0.4, 0.5) is 10.1 Å². The molecule has 166 valence electrons. The van der Waals surface area contributed by atoms with Crippen molar-refractivity contribution in [1.82, 2.24) is 10.6 Å². The molecule has 0 spiro atoms. The lowest BCUT2D eigenvalue weighted by Crippen LogP contribution is -2.38. The van der Waals surface area contributed by atoms with E-state index >= 15 is 0 Å². The molecule has 1 fully saturated rings. The molecule has 6 nitrogen and oxygen atoms in total. The van der Waals surface area contributed by atoms with Crippen LogP contribution < -0.4 is 16.0 Å². The fraction of sp³-hybridized carbons (Fsp3) is 0.417. The van der Waals surface area contributed by atoms with E-state index in [1.807, 2.05) is 44.2 Å². The second-order valence-corrected chi connectivity index (χ2v) is 7.63. The van der Waals surface area contributed by atoms with Gasteiger partial charge in [0.2, 0.25) is 0 Å². The molecule has 31 heavy (non-hydrogen) atoms. The molecule has 2 aromatic carbocycles. The highest BCUT2D eigenvalue weighted by Gasteiger charge is 2.23. The highest BCUT2D eigenvalue weighted by molar-refractivity contribution is 5.94. The number of aliphatic imine (C=N–C) groups is 1. The summed E-state index contributed by atoms with van der Waals surface area (Å²) in [6, 6.07) is 12.6. The molecule has 3 rings (SSSR count). The van der Waals surface area contributed by atoms with Gasteiger partial charge in [0.1, 0.15) is 11.9 Å². The molecule has 3 N–H and O–H groups in total. The van der Waals surface area contributed by atoms with Crippen LogP contribution in [0.25, 0.3) is 0 Å². The van der Waals surface area contributed by atoms with Gasteiger partial charge in [0.05, 0.1) is 6.54 Å². The van der Waals surface area contributed by atoms with Crippen molar-refractivity contribution in [2.75, 3.05) is 25.0 Å². The number of halogens is 1. The van der Waals surface area contributed by atoms with Crippen molar-refractivity contribution in [3.8, 4) is 0 Å². The van der Waals surface area contributed by atoms with Gasteiger partial charge in [-0.2, -0.15) is 0 Å². The van der Waals surface area contributed by atoms with E-state index in [0.717, 1.165) is 54.1 Å². The third kappa shape index (κ3) is 7.07. The Kier molecular flexibility index (Phi) is 8.41. The van der Waals surface area contributed by atoms with Crippen LogP contribution in [0.15, 0.2) is 47.5 Å². The van der Waals surface area contributed by atoms with Gasteiger partial charge in [-0.1, -0.05) is 18.2 Å².